The van der Waals surface area contributed by atoms with Crippen molar-refractivity contribution in [3.8, 4) is 5.75 Å². The van der Waals surface area contributed by atoms with Crippen LogP contribution in [0.4, 0.5) is 5.69 Å². The maximum Gasteiger partial charge on any atom is 0.261 e. The molecule has 4 nitrogen and oxygen atoms in total. The monoisotopic (exact) mass is 457 g/mol. The number of ether oxygens (including phenoxy) is 1. The molecule has 2 aromatic rings. The Labute approximate surface area is 146 Å². The number of benzene rings is 2. The van der Waals surface area contributed by atoms with Crippen LogP contribution in [0.15, 0.2) is 41.3 Å². The summed E-state index contributed by atoms with van der Waals surface area (Å²) in [5.74, 6) is 0.611. The highest BCUT2D eigenvalue weighted by atomic mass is 127. The van der Waals surface area contributed by atoms with Crippen LogP contribution in [-0.4, -0.2) is 15.5 Å². The fraction of sp³-hybridized carbons (Fsp3) is 0.0769. The van der Waals surface area contributed by atoms with Gasteiger partial charge in [-0.1, -0.05) is 23.2 Å². The van der Waals surface area contributed by atoms with E-state index in [1.54, 1.807) is 6.07 Å². The van der Waals surface area contributed by atoms with Crippen molar-refractivity contribution in [1.29, 1.82) is 0 Å². The molecule has 0 heterocycles. The van der Waals surface area contributed by atoms with Crippen LogP contribution in [0.1, 0.15) is 0 Å². The maximum atomic E-state index is 12.3. The molecule has 8 heteroatoms. The molecule has 0 radical (unpaired) electrons. The van der Waals surface area contributed by atoms with Gasteiger partial charge in [0.2, 0.25) is 0 Å². The molecular weight excluding hydrogens is 448 g/mol. The standard InChI is InChI=1S/C13H10Cl2INO3S/c1-20-13-3-2-11(7-12(13)16)21(18,19)17-10-5-8(14)4-9(15)6-10/h2-7,17H,1H3. The molecule has 0 unspecified atom stereocenters. The predicted octanol–water partition coefficient (Wildman–Crippen LogP) is 4.41. The van der Waals surface area contributed by atoms with Crippen molar-refractivity contribution in [1.82, 2.24) is 0 Å². The zero-order valence-electron chi connectivity index (χ0n) is 10.7. The molecule has 0 spiro atoms. The summed E-state index contributed by atoms with van der Waals surface area (Å²) in [7, 11) is -2.20. The van der Waals surface area contributed by atoms with Gasteiger partial charge < -0.3 is 4.74 Å². The van der Waals surface area contributed by atoms with Crippen LogP contribution >= 0.6 is 45.8 Å². The van der Waals surface area contributed by atoms with Crippen LogP contribution in [0.25, 0.3) is 0 Å². The second kappa shape index (κ2) is 6.60. The number of halogens is 3. The largest absolute Gasteiger partial charge is 0.496 e. The summed E-state index contributed by atoms with van der Waals surface area (Å²) in [5, 5.41) is 0.703. The van der Waals surface area contributed by atoms with Gasteiger partial charge in [0.15, 0.2) is 0 Å². The highest BCUT2D eigenvalue weighted by Crippen LogP contribution is 2.27. The van der Waals surface area contributed by atoms with Gasteiger partial charge in [-0.15, -0.1) is 0 Å². The highest BCUT2D eigenvalue weighted by Gasteiger charge is 2.16. The van der Waals surface area contributed by atoms with Crippen molar-refractivity contribution >= 4 is 61.5 Å². The van der Waals surface area contributed by atoms with Gasteiger partial charge in [-0.25, -0.2) is 8.42 Å². The Hall–Kier alpha value is -0.700. The molecule has 0 amide bonds. The first kappa shape index (κ1) is 16.7. The van der Waals surface area contributed by atoms with E-state index in [0.717, 1.165) is 0 Å². The summed E-state index contributed by atoms with van der Waals surface area (Å²) < 4.78 is 32.9. The average molecular weight is 458 g/mol. The molecule has 2 rings (SSSR count). The summed E-state index contributed by atoms with van der Waals surface area (Å²) in [4.78, 5) is 0.129. The summed E-state index contributed by atoms with van der Waals surface area (Å²) >= 11 is 13.7. The normalized spacial score (nSPS) is 11.2. The Morgan fingerprint density at radius 2 is 1.71 bits per heavy atom. The van der Waals surface area contributed by atoms with Crippen LogP contribution < -0.4 is 9.46 Å². The molecule has 0 atom stereocenters. The first-order valence-corrected chi connectivity index (χ1v) is 8.96. The maximum absolute atomic E-state index is 12.3. The van der Waals surface area contributed by atoms with Gasteiger partial charge in [-0.3, -0.25) is 4.72 Å². The molecule has 0 aliphatic heterocycles. The van der Waals surface area contributed by atoms with Crippen LogP contribution in [0.2, 0.25) is 10.0 Å². The lowest BCUT2D eigenvalue weighted by molar-refractivity contribution is 0.411. The quantitative estimate of drug-likeness (QED) is 0.692. The lowest BCUT2D eigenvalue weighted by Gasteiger charge is -2.10. The number of hydrogen-bond acceptors (Lipinski definition) is 3. The van der Waals surface area contributed by atoms with Gasteiger partial charge in [-0.2, -0.15) is 0 Å². The zero-order chi connectivity index (χ0) is 15.6. The van der Waals surface area contributed by atoms with Gasteiger partial charge >= 0.3 is 0 Å². The first-order chi connectivity index (χ1) is 9.81. The fourth-order valence-electron chi connectivity index (χ4n) is 1.64. The molecule has 0 aliphatic rings. The van der Waals surface area contributed by atoms with E-state index in [4.69, 9.17) is 27.9 Å². The van der Waals surface area contributed by atoms with Crippen LogP contribution in [0, 0.1) is 3.57 Å². The summed E-state index contributed by atoms with van der Waals surface area (Å²) in [6, 6.07) is 9.08. The Kier molecular flexibility index (Phi) is 5.24. The second-order valence-corrected chi connectivity index (χ2v) is 7.78. The van der Waals surface area contributed by atoms with E-state index in [-0.39, 0.29) is 4.90 Å². The molecule has 0 bridgehead atoms. The molecule has 0 saturated carbocycles. The molecule has 2 aromatic carbocycles. The van der Waals surface area contributed by atoms with E-state index in [0.29, 0.717) is 25.1 Å². The minimum Gasteiger partial charge on any atom is -0.496 e. The number of hydrogen-bond donors (Lipinski definition) is 1. The SMILES string of the molecule is COc1ccc(S(=O)(=O)Nc2cc(Cl)cc(Cl)c2)cc1I. The summed E-state index contributed by atoms with van der Waals surface area (Å²) in [6.07, 6.45) is 0. The van der Waals surface area contributed by atoms with Gasteiger partial charge in [-0.05, 0) is 59.0 Å². The molecule has 0 aromatic heterocycles. The molecule has 112 valence electrons. The molecule has 0 fully saturated rings. The lowest BCUT2D eigenvalue weighted by Crippen LogP contribution is -2.13. The van der Waals surface area contributed by atoms with E-state index in [1.807, 2.05) is 22.6 Å². The fourth-order valence-corrected chi connectivity index (χ4v) is 4.18. The highest BCUT2D eigenvalue weighted by molar-refractivity contribution is 14.1. The second-order valence-electron chi connectivity index (χ2n) is 4.06. The number of nitrogens with one attached hydrogen (secondary N) is 1. The Bertz CT molecular complexity index is 761. The summed E-state index contributed by atoms with van der Waals surface area (Å²) in [6.45, 7) is 0. The number of methoxy groups -OCH3 is 1. The molecule has 0 aliphatic carbocycles. The lowest BCUT2D eigenvalue weighted by atomic mass is 10.3. The van der Waals surface area contributed by atoms with Gasteiger partial charge in [0, 0.05) is 10.0 Å². The van der Waals surface area contributed by atoms with E-state index >= 15 is 0 Å². The third-order valence-electron chi connectivity index (χ3n) is 2.55. The van der Waals surface area contributed by atoms with Crippen molar-refractivity contribution in [3.05, 3.63) is 50.0 Å². The predicted molar refractivity (Wildman–Crippen MR) is 93.0 cm³/mol. The van der Waals surface area contributed by atoms with Crippen molar-refractivity contribution in [2.75, 3.05) is 11.8 Å². The van der Waals surface area contributed by atoms with Gasteiger partial charge in [0.05, 0.1) is 21.3 Å². The topological polar surface area (TPSA) is 55.4 Å². The summed E-state index contributed by atoms with van der Waals surface area (Å²) in [5.41, 5.74) is 0.304. The molecule has 0 saturated heterocycles. The first-order valence-electron chi connectivity index (χ1n) is 5.64. The number of anilines is 1. The Balaban J connectivity index is 2.36. The van der Waals surface area contributed by atoms with Crippen molar-refractivity contribution in [3.63, 3.8) is 0 Å². The van der Waals surface area contributed by atoms with Crippen molar-refractivity contribution in [2.24, 2.45) is 0 Å². The molecule has 1 N–H and O–H groups in total. The van der Waals surface area contributed by atoms with Crippen molar-refractivity contribution in [2.45, 2.75) is 4.90 Å². The minimum atomic E-state index is -3.72. The van der Waals surface area contributed by atoms with E-state index in [2.05, 4.69) is 4.72 Å². The van der Waals surface area contributed by atoms with Gasteiger partial charge in [0.1, 0.15) is 5.75 Å². The smallest absolute Gasteiger partial charge is 0.261 e. The minimum absolute atomic E-state index is 0.129. The van der Waals surface area contributed by atoms with E-state index in [9.17, 15) is 8.42 Å². The van der Waals surface area contributed by atoms with E-state index in [1.165, 1.54) is 37.4 Å². The number of rotatable bonds is 4. The van der Waals surface area contributed by atoms with Crippen molar-refractivity contribution < 1.29 is 13.2 Å². The Morgan fingerprint density at radius 3 is 2.24 bits per heavy atom. The average Bonchev–Trinajstić information content (AvgIpc) is 2.36. The number of sulfonamides is 1. The third-order valence-corrected chi connectivity index (χ3v) is 5.21. The third kappa shape index (κ3) is 4.15. The van der Waals surface area contributed by atoms with E-state index < -0.39 is 10.0 Å². The zero-order valence-corrected chi connectivity index (χ0v) is 15.2. The van der Waals surface area contributed by atoms with Gasteiger partial charge in [0.25, 0.3) is 10.0 Å². The van der Waals surface area contributed by atoms with Crippen LogP contribution in [-0.2, 0) is 10.0 Å². The van der Waals surface area contributed by atoms with Crippen LogP contribution in [0.5, 0.6) is 5.75 Å². The Morgan fingerprint density at radius 1 is 1.10 bits per heavy atom. The molecular formula is C13H10Cl2INO3S. The molecule has 21 heavy (non-hydrogen) atoms. The van der Waals surface area contributed by atoms with Crippen LogP contribution in [0.3, 0.4) is 0 Å².